The van der Waals surface area contributed by atoms with Crippen molar-refractivity contribution in [2.45, 2.75) is 39.7 Å². The molecule has 134 valence electrons. The largest absolute Gasteiger partial charge is 0.497 e. The predicted molar refractivity (Wildman–Crippen MR) is 100 cm³/mol. The Morgan fingerprint density at radius 2 is 1.88 bits per heavy atom. The van der Waals surface area contributed by atoms with Gasteiger partial charge in [0.2, 0.25) is 5.91 Å². The van der Waals surface area contributed by atoms with Crippen LogP contribution in [0.4, 0.5) is 0 Å². The highest BCUT2D eigenvalue weighted by Crippen LogP contribution is 2.16. The minimum absolute atomic E-state index is 0.000713. The number of ether oxygens (including phenoxy) is 2. The summed E-state index contributed by atoms with van der Waals surface area (Å²) in [6.45, 7) is 6.49. The van der Waals surface area contributed by atoms with Crippen molar-refractivity contribution in [2.75, 3.05) is 13.7 Å². The number of aryl methyl sites for hydroxylation is 2. The average Bonchev–Trinajstić information content (AvgIpc) is 2.58. The lowest BCUT2D eigenvalue weighted by molar-refractivity contribution is -0.122. The quantitative estimate of drug-likeness (QED) is 0.794. The molecule has 0 heterocycles. The number of hydrogen-bond donors (Lipinski definition) is 1. The van der Waals surface area contributed by atoms with Crippen LogP contribution in [0, 0.1) is 13.8 Å². The Morgan fingerprint density at radius 3 is 2.60 bits per heavy atom. The zero-order valence-electron chi connectivity index (χ0n) is 15.5. The van der Waals surface area contributed by atoms with Gasteiger partial charge < -0.3 is 14.8 Å². The molecule has 0 aliphatic carbocycles. The summed E-state index contributed by atoms with van der Waals surface area (Å²) in [4.78, 5) is 12.1. The molecule has 0 radical (unpaired) electrons. The molecule has 0 aliphatic rings. The summed E-state index contributed by atoms with van der Waals surface area (Å²) < 4.78 is 10.9. The third-order valence-corrected chi connectivity index (χ3v) is 4.16. The Morgan fingerprint density at radius 1 is 1.08 bits per heavy atom. The summed E-state index contributed by atoms with van der Waals surface area (Å²) in [5, 5.41) is 3.01. The van der Waals surface area contributed by atoms with E-state index < -0.39 is 0 Å². The normalized spacial score (nSPS) is 11.7. The number of benzene rings is 2. The van der Waals surface area contributed by atoms with Crippen LogP contribution in [0.15, 0.2) is 42.5 Å². The van der Waals surface area contributed by atoms with Crippen molar-refractivity contribution in [2.24, 2.45) is 0 Å². The van der Waals surface area contributed by atoms with Gasteiger partial charge in [0.05, 0.1) is 20.1 Å². The number of nitrogens with one attached hydrogen (secondary N) is 1. The van der Waals surface area contributed by atoms with Gasteiger partial charge in [-0.1, -0.05) is 18.2 Å². The molecule has 0 spiro atoms. The van der Waals surface area contributed by atoms with Gasteiger partial charge >= 0.3 is 0 Å². The lowest BCUT2D eigenvalue weighted by Crippen LogP contribution is -2.34. The number of carbonyl (C=O) groups is 1. The van der Waals surface area contributed by atoms with E-state index in [0.29, 0.717) is 13.0 Å². The number of amides is 1. The summed E-state index contributed by atoms with van der Waals surface area (Å²) in [5.41, 5.74) is 3.56. The Hall–Kier alpha value is -2.49. The molecular formula is C21H27NO3. The number of hydrogen-bond acceptors (Lipinski definition) is 3. The van der Waals surface area contributed by atoms with Crippen LogP contribution in [-0.2, 0) is 11.2 Å². The van der Waals surface area contributed by atoms with Crippen molar-refractivity contribution in [1.82, 2.24) is 5.32 Å². The van der Waals surface area contributed by atoms with Crippen LogP contribution in [0.3, 0.4) is 0 Å². The van der Waals surface area contributed by atoms with Gasteiger partial charge in [0.15, 0.2) is 0 Å². The molecule has 1 atom stereocenters. The predicted octanol–water partition coefficient (Wildman–Crippen LogP) is 3.83. The van der Waals surface area contributed by atoms with Gasteiger partial charge in [-0.05, 0) is 68.1 Å². The summed E-state index contributed by atoms with van der Waals surface area (Å²) in [6.07, 6.45) is 1.11. The van der Waals surface area contributed by atoms with E-state index in [2.05, 4.69) is 19.2 Å². The topological polar surface area (TPSA) is 47.6 Å². The highest BCUT2D eigenvalue weighted by molar-refractivity contribution is 5.76. The van der Waals surface area contributed by atoms with E-state index in [4.69, 9.17) is 9.47 Å². The van der Waals surface area contributed by atoms with Gasteiger partial charge in [-0.25, -0.2) is 0 Å². The van der Waals surface area contributed by atoms with Crippen molar-refractivity contribution >= 4 is 5.91 Å². The zero-order chi connectivity index (χ0) is 18.2. The third-order valence-electron chi connectivity index (χ3n) is 4.16. The summed E-state index contributed by atoms with van der Waals surface area (Å²) >= 11 is 0. The maximum atomic E-state index is 12.1. The van der Waals surface area contributed by atoms with Crippen LogP contribution in [0.5, 0.6) is 11.5 Å². The standard InChI is InChI=1S/C21H27NO3/c1-15-8-9-20(12-16(15)2)25-11-10-21(23)22-17(3)13-18-6-5-7-19(14-18)24-4/h5-9,12,14,17H,10-11,13H2,1-4H3,(H,22,23). The molecule has 0 saturated heterocycles. The number of carbonyl (C=O) groups excluding carboxylic acids is 1. The lowest BCUT2D eigenvalue weighted by Gasteiger charge is -2.15. The van der Waals surface area contributed by atoms with Crippen LogP contribution in [0.1, 0.15) is 30.0 Å². The van der Waals surface area contributed by atoms with Gasteiger partial charge in [-0.15, -0.1) is 0 Å². The van der Waals surface area contributed by atoms with Crippen LogP contribution in [0.2, 0.25) is 0 Å². The molecule has 0 saturated carbocycles. The fourth-order valence-electron chi connectivity index (χ4n) is 2.62. The molecule has 2 aromatic carbocycles. The summed E-state index contributed by atoms with van der Waals surface area (Å²) in [7, 11) is 1.65. The van der Waals surface area contributed by atoms with E-state index in [-0.39, 0.29) is 11.9 Å². The van der Waals surface area contributed by atoms with Crippen molar-refractivity contribution < 1.29 is 14.3 Å². The van der Waals surface area contributed by atoms with Crippen LogP contribution < -0.4 is 14.8 Å². The van der Waals surface area contributed by atoms with Crippen LogP contribution in [0.25, 0.3) is 0 Å². The van der Waals surface area contributed by atoms with Gasteiger partial charge in [0, 0.05) is 6.04 Å². The van der Waals surface area contributed by atoms with Gasteiger partial charge in [0.1, 0.15) is 11.5 Å². The Labute approximate surface area is 150 Å². The molecule has 0 fully saturated rings. The first kappa shape index (κ1) is 18.8. The average molecular weight is 341 g/mol. The van der Waals surface area contributed by atoms with E-state index in [1.807, 2.05) is 49.4 Å². The molecule has 2 rings (SSSR count). The fourth-order valence-corrected chi connectivity index (χ4v) is 2.62. The smallest absolute Gasteiger partial charge is 0.223 e. The second-order valence-electron chi connectivity index (χ2n) is 6.37. The Bertz CT molecular complexity index is 712. The zero-order valence-corrected chi connectivity index (χ0v) is 15.5. The minimum atomic E-state index is -0.000713. The maximum Gasteiger partial charge on any atom is 0.223 e. The van der Waals surface area contributed by atoms with Crippen molar-refractivity contribution in [3.8, 4) is 11.5 Å². The van der Waals surface area contributed by atoms with Crippen molar-refractivity contribution in [1.29, 1.82) is 0 Å². The van der Waals surface area contributed by atoms with Crippen molar-refractivity contribution in [3.63, 3.8) is 0 Å². The first-order valence-electron chi connectivity index (χ1n) is 8.60. The Balaban J connectivity index is 1.74. The summed E-state index contributed by atoms with van der Waals surface area (Å²) in [5.74, 6) is 1.64. The second-order valence-corrected chi connectivity index (χ2v) is 6.37. The molecule has 0 aliphatic heterocycles. The molecule has 0 bridgehead atoms. The van der Waals surface area contributed by atoms with Crippen LogP contribution >= 0.6 is 0 Å². The lowest BCUT2D eigenvalue weighted by atomic mass is 10.1. The van der Waals surface area contributed by atoms with Gasteiger partial charge in [-0.3, -0.25) is 4.79 Å². The van der Waals surface area contributed by atoms with E-state index in [0.717, 1.165) is 23.5 Å². The third kappa shape index (κ3) is 6.14. The monoisotopic (exact) mass is 341 g/mol. The highest BCUT2D eigenvalue weighted by atomic mass is 16.5. The molecule has 4 nitrogen and oxygen atoms in total. The van der Waals surface area contributed by atoms with E-state index in [1.165, 1.54) is 11.1 Å². The molecule has 4 heteroatoms. The number of rotatable bonds is 8. The van der Waals surface area contributed by atoms with E-state index in [1.54, 1.807) is 7.11 Å². The Kier molecular flexibility index (Phi) is 6.87. The van der Waals surface area contributed by atoms with E-state index in [9.17, 15) is 4.79 Å². The number of methoxy groups -OCH3 is 1. The molecule has 0 aromatic heterocycles. The fraction of sp³-hybridized carbons (Fsp3) is 0.381. The second kappa shape index (κ2) is 9.11. The maximum absolute atomic E-state index is 12.1. The molecule has 25 heavy (non-hydrogen) atoms. The first-order valence-corrected chi connectivity index (χ1v) is 8.60. The molecule has 2 aromatic rings. The molecule has 1 N–H and O–H groups in total. The van der Waals surface area contributed by atoms with Gasteiger partial charge in [0.25, 0.3) is 0 Å². The molecular weight excluding hydrogens is 314 g/mol. The highest BCUT2D eigenvalue weighted by Gasteiger charge is 2.09. The molecule has 1 unspecified atom stereocenters. The van der Waals surface area contributed by atoms with Crippen molar-refractivity contribution in [3.05, 3.63) is 59.2 Å². The first-order chi connectivity index (χ1) is 12.0. The van der Waals surface area contributed by atoms with Crippen LogP contribution in [-0.4, -0.2) is 25.7 Å². The van der Waals surface area contributed by atoms with E-state index >= 15 is 0 Å². The van der Waals surface area contributed by atoms with Gasteiger partial charge in [-0.2, -0.15) is 0 Å². The minimum Gasteiger partial charge on any atom is -0.497 e. The summed E-state index contributed by atoms with van der Waals surface area (Å²) in [6, 6.07) is 13.9. The SMILES string of the molecule is COc1cccc(CC(C)NC(=O)CCOc2ccc(C)c(C)c2)c1. The molecule has 1 amide bonds.